The first kappa shape index (κ1) is 25.2. The van der Waals surface area contributed by atoms with E-state index in [4.69, 9.17) is 9.47 Å². The van der Waals surface area contributed by atoms with Crippen LogP contribution in [0.4, 0.5) is 4.79 Å². The fourth-order valence-electron chi connectivity index (χ4n) is 3.43. The van der Waals surface area contributed by atoms with Crippen LogP contribution in [0.5, 0.6) is 5.75 Å². The molecule has 9 nitrogen and oxygen atoms in total. The average Bonchev–Trinajstić information content (AvgIpc) is 3.45. The predicted molar refractivity (Wildman–Crippen MR) is 139 cm³/mol. The standard InChI is InChI=1S/C28H27N5O4/c34-27(33-31-16-23-13-7-8-14-26(23)36-18-21-9-3-1-4-10-21)25(15-24-17-29-20-30-24)32-28(35)37-19-22-11-5-2-6-12-22/h1-14,16-17,20,25H,15,18-19H2,(H,29,30)(H,32,35)(H,33,34)/b31-16-/t25-/m1/s1. The maximum absolute atomic E-state index is 12.9. The van der Waals surface area contributed by atoms with Crippen molar-refractivity contribution in [3.8, 4) is 5.75 Å². The minimum absolute atomic E-state index is 0.0863. The lowest BCUT2D eigenvalue weighted by Gasteiger charge is -2.16. The van der Waals surface area contributed by atoms with Crippen LogP contribution in [0.2, 0.25) is 0 Å². The zero-order valence-corrected chi connectivity index (χ0v) is 20.0. The molecule has 37 heavy (non-hydrogen) atoms. The molecule has 0 aliphatic heterocycles. The molecule has 1 heterocycles. The number of H-pyrrole nitrogens is 1. The second-order valence-electron chi connectivity index (χ2n) is 8.09. The Kier molecular flexibility index (Phi) is 9.01. The SMILES string of the molecule is O=C(N[C@H](Cc1cnc[nH]1)C(=O)N/N=C\c1ccccc1OCc1ccccc1)OCc1ccccc1. The molecular formula is C28H27N5O4. The predicted octanol–water partition coefficient (Wildman–Crippen LogP) is 3.98. The Labute approximate surface area is 214 Å². The van der Waals surface area contributed by atoms with Gasteiger partial charge in [-0.1, -0.05) is 72.8 Å². The highest BCUT2D eigenvalue weighted by Crippen LogP contribution is 2.17. The van der Waals surface area contributed by atoms with Gasteiger partial charge in [0.25, 0.3) is 5.91 Å². The average molecular weight is 498 g/mol. The monoisotopic (exact) mass is 497 g/mol. The number of benzene rings is 3. The number of carbonyl (C=O) groups excluding carboxylic acids is 2. The number of imidazole rings is 1. The van der Waals surface area contributed by atoms with Gasteiger partial charge in [0.2, 0.25) is 0 Å². The summed E-state index contributed by atoms with van der Waals surface area (Å²) in [6, 6.07) is 25.5. The van der Waals surface area contributed by atoms with E-state index in [0.29, 0.717) is 23.6 Å². The molecule has 1 aromatic heterocycles. The molecule has 188 valence electrons. The number of nitrogens with zero attached hydrogens (tertiary/aromatic N) is 2. The van der Waals surface area contributed by atoms with Gasteiger partial charge in [0.1, 0.15) is 25.0 Å². The number of hydrazone groups is 1. The van der Waals surface area contributed by atoms with E-state index in [2.05, 4.69) is 25.8 Å². The van der Waals surface area contributed by atoms with Crippen LogP contribution in [0.3, 0.4) is 0 Å². The largest absolute Gasteiger partial charge is 0.488 e. The minimum Gasteiger partial charge on any atom is -0.488 e. The molecule has 0 saturated carbocycles. The lowest BCUT2D eigenvalue weighted by Crippen LogP contribution is -2.47. The third kappa shape index (κ3) is 8.07. The summed E-state index contributed by atoms with van der Waals surface area (Å²) in [6.07, 6.45) is 4.05. The van der Waals surface area contributed by atoms with Gasteiger partial charge in [-0.2, -0.15) is 5.10 Å². The van der Waals surface area contributed by atoms with Gasteiger partial charge in [0, 0.05) is 23.9 Å². The number of aromatic nitrogens is 2. The summed E-state index contributed by atoms with van der Waals surface area (Å²) in [5, 5.41) is 6.69. The molecule has 0 aliphatic rings. The molecule has 9 heteroatoms. The maximum atomic E-state index is 12.9. The Morgan fingerprint density at radius 3 is 2.30 bits per heavy atom. The van der Waals surface area contributed by atoms with Crippen LogP contribution in [-0.2, 0) is 29.2 Å². The fraction of sp³-hybridized carbons (Fsp3) is 0.143. The summed E-state index contributed by atoms with van der Waals surface area (Å²) in [5.41, 5.74) is 5.74. The van der Waals surface area contributed by atoms with Crippen molar-refractivity contribution in [1.82, 2.24) is 20.7 Å². The molecule has 0 aliphatic carbocycles. The van der Waals surface area contributed by atoms with Crippen LogP contribution in [0, 0.1) is 0 Å². The first-order valence-electron chi connectivity index (χ1n) is 11.7. The molecule has 3 aromatic carbocycles. The van der Waals surface area contributed by atoms with E-state index in [0.717, 1.165) is 11.1 Å². The number of alkyl carbamates (subject to hydrolysis) is 1. The van der Waals surface area contributed by atoms with Gasteiger partial charge in [-0.05, 0) is 23.3 Å². The normalized spacial score (nSPS) is 11.6. The Hall–Kier alpha value is -4.92. The number of hydrogen-bond acceptors (Lipinski definition) is 6. The number of aromatic amines is 1. The van der Waals surface area contributed by atoms with Crippen molar-refractivity contribution >= 4 is 18.2 Å². The molecule has 0 unspecified atom stereocenters. The molecule has 0 spiro atoms. The van der Waals surface area contributed by atoms with Gasteiger partial charge in [-0.15, -0.1) is 0 Å². The van der Waals surface area contributed by atoms with Crippen LogP contribution < -0.4 is 15.5 Å². The van der Waals surface area contributed by atoms with Gasteiger partial charge < -0.3 is 19.8 Å². The smallest absolute Gasteiger partial charge is 0.408 e. The van der Waals surface area contributed by atoms with Gasteiger partial charge in [-0.25, -0.2) is 15.2 Å². The summed E-state index contributed by atoms with van der Waals surface area (Å²) in [6.45, 7) is 0.488. The molecule has 2 amide bonds. The Balaban J connectivity index is 1.36. The highest BCUT2D eigenvalue weighted by Gasteiger charge is 2.22. The van der Waals surface area contributed by atoms with E-state index >= 15 is 0 Å². The molecular weight excluding hydrogens is 470 g/mol. The van der Waals surface area contributed by atoms with Crippen LogP contribution in [-0.4, -0.2) is 34.2 Å². The molecule has 4 aromatic rings. The topological polar surface area (TPSA) is 118 Å². The van der Waals surface area contributed by atoms with E-state index in [1.165, 1.54) is 12.5 Å². The Bertz CT molecular complexity index is 1290. The summed E-state index contributed by atoms with van der Waals surface area (Å²) >= 11 is 0. The van der Waals surface area contributed by atoms with Crippen molar-refractivity contribution in [2.45, 2.75) is 25.7 Å². The van der Waals surface area contributed by atoms with Crippen molar-refractivity contribution in [3.63, 3.8) is 0 Å². The molecule has 0 radical (unpaired) electrons. The van der Waals surface area contributed by atoms with Crippen molar-refractivity contribution in [3.05, 3.63) is 120 Å². The number of rotatable bonds is 11. The minimum atomic E-state index is -0.939. The lowest BCUT2D eigenvalue weighted by molar-refractivity contribution is -0.123. The van der Waals surface area contributed by atoms with Crippen LogP contribution >= 0.6 is 0 Å². The third-order valence-electron chi connectivity index (χ3n) is 5.33. The molecule has 1 atom stereocenters. The van der Waals surface area contributed by atoms with Crippen LogP contribution in [0.25, 0.3) is 0 Å². The molecule has 4 rings (SSSR count). The maximum Gasteiger partial charge on any atom is 0.408 e. The number of hydrogen-bond donors (Lipinski definition) is 3. The molecule has 0 saturated heterocycles. The Morgan fingerprint density at radius 2 is 1.59 bits per heavy atom. The number of carbonyl (C=O) groups is 2. The van der Waals surface area contributed by atoms with E-state index in [-0.39, 0.29) is 13.0 Å². The summed E-state index contributed by atoms with van der Waals surface area (Å²) in [7, 11) is 0. The third-order valence-corrected chi connectivity index (χ3v) is 5.33. The zero-order chi connectivity index (χ0) is 25.7. The number of para-hydroxylation sites is 1. The number of nitrogens with one attached hydrogen (secondary N) is 3. The zero-order valence-electron chi connectivity index (χ0n) is 20.0. The van der Waals surface area contributed by atoms with E-state index in [9.17, 15) is 9.59 Å². The van der Waals surface area contributed by atoms with Crippen molar-refractivity contribution in [2.75, 3.05) is 0 Å². The van der Waals surface area contributed by atoms with Crippen LogP contribution in [0.15, 0.2) is 103 Å². The summed E-state index contributed by atoms with van der Waals surface area (Å²) < 4.78 is 11.2. The van der Waals surface area contributed by atoms with Gasteiger partial charge >= 0.3 is 6.09 Å². The molecule has 0 bridgehead atoms. The van der Waals surface area contributed by atoms with E-state index in [1.807, 2.05) is 84.9 Å². The molecule has 3 N–H and O–H groups in total. The van der Waals surface area contributed by atoms with Gasteiger partial charge in [-0.3, -0.25) is 4.79 Å². The second kappa shape index (κ2) is 13.2. The van der Waals surface area contributed by atoms with Crippen molar-refractivity contribution in [1.29, 1.82) is 0 Å². The highest BCUT2D eigenvalue weighted by molar-refractivity contribution is 5.88. The van der Waals surface area contributed by atoms with Crippen molar-refractivity contribution < 1.29 is 19.1 Å². The highest BCUT2D eigenvalue weighted by atomic mass is 16.5. The number of amides is 2. The summed E-state index contributed by atoms with van der Waals surface area (Å²) in [5.74, 6) is 0.117. The number of ether oxygens (including phenoxy) is 2. The van der Waals surface area contributed by atoms with E-state index < -0.39 is 18.0 Å². The summed E-state index contributed by atoms with van der Waals surface area (Å²) in [4.78, 5) is 32.2. The van der Waals surface area contributed by atoms with E-state index in [1.54, 1.807) is 6.20 Å². The first-order chi connectivity index (χ1) is 18.2. The lowest BCUT2D eigenvalue weighted by atomic mass is 10.1. The fourth-order valence-corrected chi connectivity index (χ4v) is 3.43. The first-order valence-corrected chi connectivity index (χ1v) is 11.7. The Morgan fingerprint density at radius 1 is 0.919 bits per heavy atom. The van der Waals surface area contributed by atoms with Gasteiger partial charge in [0.15, 0.2) is 0 Å². The van der Waals surface area contributed by atoms with Gasteiger partial charge in [0.05, 0.1) is 12.5 Å². The van der Waals surface area contributed by atoms with Crippen LogP contribution in [0.1, 0.15) is 22.4 Å². The quantitative estimate of drug-likeness (QED) is 0.214. The second-order valence-corrected chi connectivity index (χ2v) is 8.09. The van der Waals surface area contributed by atoms with Crippen molar-refractivity contribution in [2.24, 2.45) is 5.10 Å². The molecule has 0 fully saturated rings.